The number of aliphatic hydroxyl groups excluding tert-OH is 1. The van der Waals surface area contributed by atoms with Gasteiger partial charge in [0.15, 0.2) is 0 Å². The Hall–Kier alpha value is -1.10. The van der Waals surface area contributed by atoms with Crippen LogP contribution in [0.4, 0.5) is 0 Å². The first kappa shape index (κ1) is 13.0. The zero-order valence-corrected chi connectivity index (χ0v) is 9.34. The van der Waals surface area contributed by atoms with Gasteiger partial charge in [-0.2, -0.15) is 0 Å². The Balaban J connectivity index is 1.96. The number of ether oxygens (including phenoxy) is 2. The monoisotopic (exact) mass is 225 g/mol. The van der Waals surface area contributed by atoms with Crippen molar-refractivity contribution in [2.75, 3.05) is 26.4 Å². The van der Waals surface area contributed by atoms with E-state index in [1.165, 1.54) is 0 Å². The van der Waals surface area contributed by atoms with Crippen LogP contribution in [0.25, 0.3) is 0 Å². The Morgan fingerprint density at radius 1 is 1.12 bits per heavy atom. The summed E-state index contributed by atoms with van der Waals surface area (Å²) in [5.41, 5.74) is 5.26. The second-order valence-electron chi connectivity index (χ2n) is 3.45. The summed E-state index contributed by atoms with van der Waals surface area (Å²) in [5.74, 6) is 0.841. The standard InChI is InChI=1S/C12H19NO3/c13-10-11(14)6-7-15-8-9-16-12-4-2-1-3-5-12/h1-5,11,14H,6-10,13H2. The second kappa shape index (κ2) is 8.10. The number of benzene rings is 1. The Bertz CT molecular complexity index is 266. The lowest BCUT2D eigenvalue weighted by molar-refractivity contribution is 0.0676. The third-order valence-electron chi connectivity index (χ3n) is 2.11. The van der Waals surface area contributed by atoms with Crippen LogP contribution in [0.3, 0.4) is 0 Å². The minimum Gasteiger partial charge on any atom is -0.491 e. The summed E-state index contributed by atoms with van der Waals surface area (Å²) in [6.45, 7) is 1.83. The average Bonchev–Trinajstić information content (AvgIpc) is 2.34. The molecule has 0 bridgehead atoms. The van der Waals surface area contributed by atoms with Crippen LogP contribution in [0.5, 0.6) is 5.75 Å². The first-order chi connectivity index (χ1) is 7.83. The van der Waals surface area contributed by atoms with E-state index in [1.807, 2.05) is 30.3 Å². The van der Waals surface area contributed by atoms with Crippen molar-refractivity contribution in [3.05, 3.63) is 30.3 Å². The molecule has 4 heteroatoms. The van der Waals surface area contributed by atoms with Crippen LogP contribution in [-0.2, 0) is 4.74 Å². The van der Waals surface area contributed by atoms with Gasteiger partial charge in [-0.1, -0.05) is 18.2 Å². The maximum absolute atomic E-state index is 9.16. The minimum atomic E-state index is -0.463. The lowest BCUT2D eigenvalue weighted by Gasteiger charge is -2.09. The fraction of sp³-hybridized carbons (Fsp3) is 0.500. The van der Waals surface area contributed by atoms with Gasteiger partial charge in [-0.25, -0.2) is 0 Å². The lowest BCUT2D eigenvalue weighted by atomic mass is 10.3. The molecule has 0 aromatic heterocycles. The molecule has 0 radical (unpaired) electrons. The maximum atomic E-state index is 9.16. The number of hydrogen-bond donors (Lipinski definition) is 2. The fourth-order valence-corrected chi connectivity index (χ4v) is 1.17. The van der Waals surface area contributed by atoms with Gasteiger partial charge in [0.05, 0.1) is 12.7 Å². The molecule has 0 heterocycles. The lowest BCUT2D eigenvalue weighted by Crippen LogP contribution is -2.21. The van der Waals surface area contributed by atoms with Crippen LogP contribution in [0, 0.1) is 0 Å². The van der Waals surface area contributed by atoms with Crippen molar-refractivity contribution >= 4 is 0 Å². The van der Waals surface area contributed by atoms with Crippen molar-refractivity contribution in [1.29, 1.82) is 0 Å². The van der Waals surface area contributed by atoms with E-state index in [1.54, 1.807) is 0 Å². The van der Waals surface area contributed by atoms with Gasteiger partial charge >= 0.3 is 0 Å². The molecule has 0 saturated heterocycles. The summed E-state index contributed by atoms with van der Waals surface area (Å²) in [6.07, 6.45) is 0.108. The zero-order chi connectivity index (χ0) is 11.6. The molecule has 0 aliphatic rings. The van der Waals surface area contributed by atoms with Gasteiger partial charge in [0.25, 0.3) is 0 Å². The van der Waals surface area contributed by atoms with Crippen LogP contribution >= 0.6 is 0 Å². The Labute approximate surface area is 96.0 Å². The van der Waals surface area contributed by atoms with Gasteiger partial charge in [-0.15, -0.1) is 0 Å². The largest absolute Gasteiger partial charge is 0.491 e. The van der Waals surface area contributed by atoms with Gasteiger partial charge in [0, 0.05) is 13.2 Å². The summed E-state index contributed by atoms with van der Waals surface area (Å²) in [7, 11) is 0. The number of hydrogen-bond acceptors (Lipinski definition) is 4. The van der Waals surface area contributed by atoms with E-state index >= 15 is 0 Å². The first-order valence-corrected chi connectivity index (χ1v) is 5.46. The highest BCUT2D eigenvalue weighted by atomic mass is 16.5. The summed E-state index contributed by atoms with van der Waals surface area (Å²) in [4.78, 5) is 0. The van der Waals surface area contributed by atoms with Crippen LogP contribution < -0.4 is 10.5 Å². The van der Waals surface area contributed by atoms with E-state index in [-0.39, 0.29) is 6.54 Å². The van der Waals surface area contributed by atoms with E-state index in [2.05, 4.69) is 0 Å². The third kappa shape index (κ3) is 5.70. The van der Waals surface area contributed by atoms with Crippen molar-refractivity contribution in [3.63, 3.8) is 0 Å². The van der Waals surface area contributed by atoms with Crippen molar-refractivity contribution in [1.82, 2.24) is 0 Å². The molecular weight excluding hydrogens is 206 g/mol. The molecule has 0 saturated carbocycles. The molecule has 90 valence electrons. The van der Waals surface area contributed by atoms with E-state index in [9.17, 15) is 0 Å². The number of para-hydroxylation sites is 1. The summed E-state index contributed by atoms with van der Waals surface area (Å²) < 4.78 is 10.7. The molecule has 4 nitrogen and oxygen atoms in total. The predicted octanol–water partition coefficient (Wildman–Crippen LogP) is 0.792. The van der Waals surface area contributed by atoms with Crippen LogP contribution in [-0.4, -0.2) is 37.6 Å². The second-order valence-corrected chi connectivity index (χ2v) is 3.45. The maximum Gasteiger partial charge on any atom is 0.119 e. The quantitative estimate of drug-likeness (QED) is 0.642. The highest BCUT2D eigenvalue weighted by molar-refractivity contribution is 5.20. The topological polar surface area (TPSA) is 64.7 Å². The fourth-order valence-electron chi connectivity index (χ4n) is 1.17. The Morgan fingerprint density at radius 3 is 2.56 bits per heavy atom. The number of aliphatic hydroxyl groups is 1. The molecule has 3 N–H and O–H groups in total. The zero-order valence-electron chi connectivity index (χ0n) is 9.34. The highest BCUT2D eigenvalue weighted by Gasteiger charge is 1.99. The number of rotatable bonds is 8. The Kier molecular flexibility index (Phi) is 6.56. The van der Waals surface area contributed by atoms with E-state index in [0.717, 1.165) is 5.75 Å². The van der Waals surface area contributed by atoms with Gasteiger partial charge in [-0.3, -0.25) is 0 Å². The van der Waals surface area contributed by atoms with Crippen molar-refractivity contribution in [2.45, 2.75) is 12.5 Å². The Morgan fingerprint density at radius 2 is 1.88 bits per heavy atom. The molecule has 0 amide bonds. The first-order valence-electron chi connectivity index (χ1n) is 5.46. The van der Waals surface area contributed by atoms with Gasteiger partial charge in [-0.05, 0) is 18.6 Å². The predicted molar refractivity (Wildman–Crippen MR) is 62.4 cm³/mol. The van der Waals surface area contributed by atoms with Crippen LogP contribution in [0.15, 0.2) is 30.3 Å². The van der Waals surface area contributed by atoms with Gasteiger partial charge in [0.1, 0.15) is 12.4 Å². The molecule has 1 atom stereocenters. The molecular formula is C12H19NO3. The molecule has 1 unspecified atom stereocenters. The van der Waals surface area contributed by atoms with E-state index < -0.39 is 6.10 Å². The molecule has 0 spiro atoms. The summed E-state index contributed by atoms with van der Waals surface area (Å²) >= 11 is 0. The average molecular weight is 225 g/mol. The van der Waals surface area contributed by atoms with E-state index in [4.69, 9.17) is 20.3 Å². The minimum absolute atomic E-state index is 0.282. The third-order valence-corrected chi connectivity index (χ3v) is 2.11. The molecule has 1 rings (SSSR count). The summed E-state index contributed by atoms with van der Waals surface area (Å²) in [6, 6.07) is 9.59. The normalized spacial score (nSPS) is 12.4. The highest BCUT2D eigenvalue weighted by Crippen LogP contribution is 2.07. The van der Waals surface area contributed by atoms with Crippen LogP contribution in [0.2, 0.25) is 0 Å². The van der Waals surface area contributed by atoms with E-state index in [0.29, 0.717) is 26.2 Å². The molecule has 0 aliphatic carbocycles. The molecule has 16 heavy (non-hydrogen) atoms. The van der Waals surface area contributed by atoms with Crippen molar-refractivity contribution in [2.24, 2.45) is 5.73 Å². The smallest absolute Gasteiger partial charge is 0.119 e. The molecule has 1 aromatic carbocycles. The van der Waals surface area contributed by atoms with Gasteiger partial charge in [0.2, 0.25) is 0 Å². The molecule has 0 aliphatic heterocycles. The summed E-state index contributed by atoms with van der Waals surface area (Å²) in [5, 5.41) is 9.16. The van der Waals surface area contributed by atoms with Gasteiger partial charge < -0.3 is 20.3 Å². The number of nitrogens with two attached hydrogens (primary N) is 1. The SMILES string of the molecule is NCC(O)CCOCCOc1ccccc1. The molecule has 1 aromatic rings. The van der Waals surface area contributed by atoms with Crippen molar-refractivity contribution < 1.29 is 14.6 Å². The molecule has 0 fully saturated rings. The van der Waals surface area contributed by atoms with Crippen LogP contribution in [0.1, 0.15) is 6.42 Å². The van der Waals surface area contributed by atoms with Crippen molar-refractivity contribution in [3.8, 4) is 5.75 Å².